The van der Waals surface area contributed by atoms with Crippen molar-refractivity contribution in [3.63, 3.8) is 0 Å². The van der Waals surface area contributed by atoms with Crippen LogP contribution in [0.1, 0.15) is 62.4 Å². The number of amides is 2. The number of carbonyl (C=O) groups is 4. The zero-order valence-electron chi connectivity index (χ0n) is 50.2. The summed E-state index contributed by atoms with van der Waals surface area (Å²) >= 11 is 0. The molecule has 0 radical (unpaired) electrons. The fourth-order valence-electron chi connectivity index (χ4n) is 10.9. The summed E-state index contributed by atoms with van der Waals surface area (Å²) in [7, 11) is 1.55. The van der Waals surface area contributed by atoms with E-state index in [9.17, 15) is 19.2 Å². The van der Waals surface area contributed by atoms with E-state index in [1.807, 2.05) is 159 Å². The predicted molar refractivity (Wildman–Crippen MR) is 319 cm³/mol. The molecular weight excluding hydrogens is 1130 g/mol. The Morgan fingerprint density at radius 3 is 1.24 bits per heavy atom. The van der Waals surface area contributed by atoms with Gasteiger partial charge in [0.05, 0.1) is 59.5 Å². The van der Waals surface area contributed by atoms with Gasteiger partial charge in [0.25, 0.3) is 0 Å². The third kappa shape index (κ3) is 18.5. The van der Waals surface area contributed by atoms with Gasteiger partial charge in [0, 0.05) is 27.7 Å². The Hall–Kier alpha value is -7.60. The first-order chi connectivity index (χ1) is 42.8. The molecule has 15 atom stereocenters. The molecule has 0 aromatic heterocycles. The standard InChI is InChI=1S/C68H78N2O18/c1-43-59(78-38-50-26-16-9-17-27-50)64(79-39-51-28-18-10-19-29-51)65(80-40-52-30-20-11-21-31-52)68(81-43)88-63-58(70-45(3)72)66(84-54-34-32-53(75-6)33-35-54)85-56(42-77-37-49-24-14-8-15-25-49)61(63)87-67-57(69-44(2)71)62(83-47(5)74)60(82-46(4)73)55(86-67)41-76-36-48-22-12-7-13-23-48/h7-35,43,55-68H,36-42H2,1-6H3,(H,69,71)(H,70,72)/t43-,55+,56+,57+,58+,59+,60-,61+,62+,63+,64+,65-,66+,67-,68-/m0/s1. The second-order valence-corrected chi connectivity index (χ2v) is 21.7. The number of esters is 2. The molecule has 6 aromatic carbocycles. The number of hydrogen-bond acceptors (Lipinski definition) is 18. The van der Waals surface area contributed by atoms with Crippen molar-refractivity contribution in [3.05, 3.63) is 204 Å². The molecule has 20 nitrogen and oxygen atoms in total. The third-order valence-corrected chi connectivity index (χ3v) is 14.9. The molecule has 0 bridgehead atoms. The maximum absolute atomic E-state index is 13.9. The molecule has 468 valence electrons. The quantitative estimate of drug-likeness (QED) is 0.0443. The summed E-state index contributed by atoms with van der Waals surface area (Å²) in [6, 6.07) is 52.1. The Kier molecular flexibility index (Phi) is 24.0. The van der Waals surface area contributed by atoms with Crippen molar-refractivity contribution in [2.45, 2.75) is 160 Å². The Bertz CT molecular complexity index is 3080. The summed E-state index contributed by atoms with van der Waals surface area (Å²) in [5, 5.41) is 5.93. The van der Waals surface area contributed by atoms with Crippen LogP contribution in [0.25, 0.3) is 0 Å². The van der Waals surface area contributed by atoms with E-state index in [-0.39, 0.29) is 46.2 Å². The van der Waals surface area contributed by atoms with Crippen molar-refractivity contribution >= 4 is 23.8 Å². The topological polar surface area (TPSA) is 222 Å². The van der Waals surface area contributed by atoms with Gasteiger partial charge in [-0.3, -0.25) is 19.2 Å². The van der Waals surface area contributed by atoms with Crippen molar-refractivity contribution in [1.82, 2.24) is 10.6 Å². The van der Waals surface area contributed by atoms with Crippen LogP contribution in [0.3, 0.4) is 0 Å². The molecule has 0 saturated carbocycles. The first-order valence-corrected chi connectivity index (χ1v) is 29.4. The number of hydrogen-bond donors (Lipinski definition) is 2. The number of ether oxygens (including phenoxy) is 14. The monoisotopic (exact) mass is 1210 g/mol. The number of methoxy groups -OCH3 is 1. The zero-order valence-corrected chi connectivity index (χ0v) is 50.2. The second-order valence-electron chi connectivity index (χ2n) is 21.7. The lowest BCUT2D eigenvalue weighted by atomic mass is 9.93. The second kappa shape index (κ2) is 32.6. The molecule has 2 N–H and O–H groups in total. The van der Waals surface area contributed by atoms with Gasteiger partial charge in [0.1, 0.15) is 66.3 Å². The van der Waals surface area contributed by atoms with Crippen molar-refractivity contribution in [1.29, 1.82) is 0 Å². The van der Waals surface area contributed by atoms with Crippen LogP contribution in [-0.4, -0.2) is 136 Å². The van der Waals surface area contributed by atoms with Crippen LogP contribution in [0, 0.1) is 0 Å². The van der Waals surface area contributed by atoms with E-state index in [1.165, 1.54) is 27.7 Å². The molecule has 0 spiro atoms. The lowest BCUT2D eigenvalue weighted by molar-refractivity contribution is -0.369. The van der Waals surface area contributed by atoms with Gasteiger partial charge < -0.3 is 76.9 Å². The molecule has 3 fully saturated rings. The minimum Gasteiger partial charge on any atom is -0.497 e. The Labute approximate surface area is 513 Å². The van der Waals surface area contributed by atoms with Crippen LogP contribution in [0.5, 0.6) is 11.5 Å². The summed E-state index contributed by atoms with van der Waals surface area (Å²) in [6.07, 6.45) is -15.7. The molecular formula is C68H78N2O18. The minimum atomic E-state index is -1.59. The van der Waals surface area contributed by atoms with Crippen LogP contribution < -0.4 is 20.1 Å². The lowest BCUT2D eigenvalue weighted by Crippen LogP contribution is -2.71. The van der Waals surface area contributed by atoms with E-state index in [2.05, 4.69) is 10.6 Å². The average Bonchev–Trinajstić information content (AvgIpc) is 1.13. The Morgan fingerprint density at radius 1 is 0.398 bits per heavy atom. The average molecular weight is 1210 g/mol. The highest BCUT2D eigenvalue weighted by Gasteiger charge is 2.58. The van der Waals surface area contributed by atoms with Gasteiger partial charge in [0.2, 0.25) is 18.1 Å². The molecule has 88 heavy (non-hydrogen) atoms. The summed E-state index contributed by atoms with van der Waals surface area (Å²) in [5.74, 6) is -1.67. The highest BCUT2D eigenvalue weighted by atomic mass is 16.8. The van der Waals surface area contributed by atoms with E-state index in [1.54, 1.807) is 31.4 Å². The molecule has 0 unspecified atom stereocenters. The van der Waals surface area contributed by atoms with Gasteiger partial charge in [-0.2, -0.15) is 0 Å². The van der Waals surface area contributed by atoms with Crippen molar-refractivity contribution in [2.75, 3.05) is 20.3 Å². The normalized spacial score (nSPS) is 26.9. The molecule has 3 aliphatic heterocycles. The SMILES string of the molecule is COc1ccc(O[C@@H]2O[C@H](COCc3ccccc3)[C@@H](O[C@@H]3O[C@H](COCc4ccccc4)[C@H](OC(C)=O)[C@H](OC(C)=O)[C@H]3NC(C)=O)[C@H](O[C@@H]3O[C@@H](C)[C@@H](OCc4ccccc4)[C@@H](OCc4ccccc4)[C@@H]3OCc3ccccc3)[C@H]2NC(C)=O)cc1. The third-order valence-electron chi connectivity index (χ3n) is 14.9. The largest absolute Gasteiger partial charge is 0.497 e. The number of nitrogens with one attached hydrogen (secondary N) is 2. The Balaban J connectivity index is 1.17. The van der Waals surface area contributed by atoms with Gasteiger partial charge in [0.15, 0.2) is 24.8 Å². The van der Waals surface area contributed by atoms with Crippen LogP contribution >= 0.6 is 0 Å². The number of carbonyl (C=O) groups excluding carboxylic acids is 4. The molecule has 3 saturated heterocycles. The van der Waals surface area contributed by atoms with E-state index < -0.39 is 116 Å². The first kappa shape index (κ1) is 64.9. The maximum atomic E-state index is 13.9. The van der Waals surface area contributed by atoms with Crippen LogP contribution in [-0.2, 0) is 109 Å². The highest BCUT2D eigenvalue weighted by molar-refractivity contribution is 5.74. The van der Waals surface area contributed by atoms with Gasteiger partial charge in [-0.05, 0) is 59.0 Å². The summed E-state index contributed by atoms with van der Waals surface area (Å²) < 4.78 is 93.5. The molecule has 3 aliphatic rings. The molecule has 2 amide bonds. The fraction of sp³-hybridized carbons (Fsp3) is 0.412. The molecule has 0 aliphatic carbocycles. The van der Waals surface area contributed by atoms with Crippen molar-refractivity contribution < 1.29 is 85.5 Å². The summed E-state index contributed by atoms with van der Waals surface area (Å²) in [4.78, 5) is 53.6. The number of rotatable bonds is 28. The van der Waals surface area contributed by atoms with Crippen LogP contribution in [0.4, 0.5) is 0 Å². The van der Waals surface area contributed by atoms with Gasteiger partial charge in [-0.25, -0.2) is 0 Å². The fourth-order valence-corrected chi connectivity index (χ4v) is 10.9. The molecule has 6 aromatic rings. The highest BCUT2D eigenvalue weighted by Crippen LogP contribution is 2.38. The van der Waals surface area contributed by atoms with Gasteiger partial charge in [-0.1, -0.05) is 152 Å². The van der Waals surface area contributed by atoms with Crippen LogP contribution in [0.15, 0.2) is 176 Å². The van der Waals surface area contributed by atoms with Gasteiger partial charge in [-0.15, -0.1) is 0 Å². The Morgan fingerprint density at radius 2 is 0.784 bits per heavy atom. The predicted octanol–water partition coefficient (Wildman–Crippen LogP) is 8.10. The minimum absolute atomic E-state index is 0.0742. The molecule has 20 heteroatoms. The van der Waals surface area contributed by atoms with Crippen molar-refractivity contribution in [3.8, 4) is 11.5 Å². The number of benzene rings is 6. The molecule has 9 rings (SSSR count). The lowest BCUT2D eigenvalue weighted by Gasteiger charge is -2.52. The van der Waals surface area contributed by atoms with E-state index in [0.717, 1.165) is 27.8 Å². The summed E-state index contributed by atoms with van der Waals surface area (Å²) in [6.45, 7) is 7.12. The molecule has 3 heterocycles. The van der Waals surface area contributed by atoms with E-state index in [4.69, 9.17) is 66.3 Å². The summed E-state index contributed by atoms with van der Waals surface area (Å²) in [5.41, 5.74) is 4.33. The smallest absolute Gasteiger partial charge is 0.303 e. The zero-order chi connectivity index (χ0) is 61.8. The van der Waals surface area contributed by atoms with E-state index in [0.29, 0.717) is 11.5 Å². The maximum Gasteiger partial charge on any atom is 0.303 e. The first-order valence-electron chi connectivity index (χ1n) is 29.4. The van der Waals surface area contributed by atoms with Crippen molar-refractivity contribution in [2.24, 2.45) is 0 Å². The van der Waals surface area contributed by atoms with Crippen LogP contribution in [0.2, 0.25) is 0 Å². The van der Waals surface area contributed by atoms with E-state index >= 15 is 0 Å². The van der Waals surface area contributed by atoms with Gasteiger partial charge >= 0.3 is 11.9 Å².